The lowest BCUT2D eigenvalue weighted by Crippen LogP contribution is -2.05. The molecule has 0 fully saturated rings. The Kier molecular flexibility index (Phi) is 2.61. The average molecular weight is 258 g/mol. The fourth-order valence-corrected chi connectivity index (χ4v) is 1.92. The molecule has 18 heavy (non-hydrogen) atoms. The minimum atomic E-state index is -0.448. The van der Waals surface area contributed by atoms with E-state index in [1.165, 1.54) is 0 Å². The Bertz CT molecular complexity index is 766. The minimum Gasteiger partial charge on any atom is -0.419 e. The van der Waals surface area contributed by atoms with E-state index in [9.17, 15) is 4.79 Å². The standard InChI is InChI=1S/C14H8ClNO2/c15-10-6-7-12-11(8-10)16-13(14(17)18-12)9-4-2-1-3-5-9/h1-8H. The van der Waals surface area contributed by atoms with Crippen LogP contribution in [-0.4, -0.2) is 4.98 Å². The minimum absolute atomic E-state index is 0.297. The molecule has 0 bridgehead atoms. The molecule has 0 radical (unpaired) electrons. The normalized spacial score (nSPS) is 10.7. The van der Waals surface area contributed by atoms with Crippen LogP contribution in [0.15, 0.2) is 57.7 Å². The Hall–Kier alpha value is -2.13. The molecule has 1 heterocycles. The first-order chi connectivity index (χ1) is 8.74. The van der Waals surface area contributed by atoms with Crippen molar-refractivity contribution >= 4 is 22.7 Å². The van der Waals surface area contributed by atoms with E-state index < -0.39 is 5.63 Å². The van der Waals surface area contributed by atoms with Crippen LogP contribution in [0.1, 0.15) is 0 Å². The number of hydrogen-bond donors (Lipinski definition) is 0. The molecule has 0 aliphatic rings. The first-order valence-electron chi connectivity index (χ1n) is 5.40. The van der Waals surface area contributed by atoms with Gasteiger partial charge in [-0.25, -0.2) is 9.78 Å². The molecule has 0 atom stereocenters. The average Bonchev–Trinajstić information content (AvgIpc) is 2.39. The molecule has 3 nitrogen and oxygen atoms in total. The van der Waals surface area contributed by atoms with Gasteiger partial charge in [0.25, 0.3) is 0 Å². The van der Waals surface area contributed by atoms with Gasteiger partial charge in [0.15, 0.2) is 11.3 Å². The highest BCUT2D eigenvalue weighted by Gasteiger charge is 2.09. The molecule has 0 spiro atoms. The van der Waals surface area contributed by atoms with Gasteiger partial charge < -0.3 is 4.42 Å². The van der Waals surface area contributed by atoms with Crippen LogP contribution in [0.25, 0.3) is 22.4 Å². The van der Waals surface area contributed by atoms with Crippen molar-refractivity contribution in [1.29, 1.82) is 0 Å². The number of aromatic nitrogens is 1. The van der Waals surface area contributed by atoms with Crippen molar-refractivity contribution < 1.29 is 4.42 Å². The van der Waals surface area contributed by atoms with Crippen molar-refractivity contribution in [2.45, 2.75) is 0 Å². The molecule has 1 aromatic heterocycles. The van der Waals surface area contributed by atoms with E-state index in [-0.39, 0.29) is 0 Å². The lowest BCUT2D eigenvalue weighted by atomic mass is 10.1. The fraction of sp³-hybridized carbons (Fsp3) is 0. The highest BCUT2D eigenvalue weighted by Crippen LogP contribution is 2.20. The van der Waals surface area contributed by atoms with Crippen LogP contribution >= 0.6 is 11.6 Å². The van der Waals surface area contributed by atoms with Crippen LogP contribution in [0.5, 0.6) is 0 Å². The summed E-state index contributed by atoms with van der Waals surface area (Å²) in [5.41, 5.74) is 1.58. The zero-order valence-corrected chi connectivity index (χ0v) is 10.0. The molecular formula is C14H8ClNO2. The van der Waals surface area contributed by atoms with Gasteiger partial charge in [0.1, 0.15) is 5.52 Å². The molecule has 4 heteroatoms. The lowest BCUT2D eigenvalue weighted by molar-refractivity contribution is 0.558. The largest absolute Gasteiger partial charge is 0.419 e. The number of hydrogen-bond acceptors (Lipinski definition) is 3. The van der Waals surface area contributed by atoms with E-state index in [0.29, 0.717) is 21.8 Å². The van der Waals surface area contributed by atoms with E-state index in [4.69, 9.17) is 16.0 Å². The Labute approximate surface area is 108 Å². The van der Waals surface area contributed by atoms with Crippen LogP contribution in [0.2, 0.25) is 5.02 Å². The van der Waals surface area contributed by atoms with E-state index in [0.717, 1.165) is 5.56 Å². The van der Waals surface area contributed by atoms with Crippen molar-refractivity contribution in [2.75, 3.05) is 0 Å². The van der Waals surface area contributed by atoms with Crippen LogP contribution < -0.4 is 5.63 Å². The van der Waals surface area contributed by atoms with Crippen LogP contribution in [-0.2, 0) is 0 Å². The van der Waals surface area contributed by atoms with Crippen molar-refractivity contribution in [1.82, 2.24) is 4.98 Å². The molecule has 88 valence electrons. The Morgan fingerprint density at radius 1 is 1.06 bits per heavy atom. The SMILES string of the molecule is O=c1oc2ccc(Cl)cc2nc1-c1ccccc1. The van der Waals surface area contributed by atoms with Gasteiger partial charge in [-0.15, -0.1) is 0 Å². The first kappa shape index (κ1) is 11.0. The number of benzene rings is 2. The van der Waals surface area contributed by atoms with Crippen molar-refractivity contribution in [3.63, 3.8) is 0 Å². The Morgan fingerprint density at radius 3 is 2.61 bits per heavy atom. The van der Waals surface area contributed by atoms with Crippen LogP contribution in [0.3, 0.4) is 0 Å². The maximum absolute atomic E-state index is 11.9. The summed E-state index contributed by atoms with van der Waals surface area (Å²) < 4.78 is 5.23. The second-order valence-corrected chi connectivity index (χ2v) is 4.26. The van der Waals surface area contributed by atoms with Crippen molar-refractivity contribution in [3.05, 3.63) is 64.0 Å². The molecule has 0 N–H and O–H groups in total. The van der Waals surface area contributed by atoms with E-state index in [1.807, 2.05) is 30.3 Å². The smallest absolute Gasteiger partial charge is 0.363 e. The molecule has 0 amide bonds. The summed E-state index contributed by atoms with van der Waals surface area (Å²) in [6, 6.07) is 14.2. The van der Waals surface area contributed by atoms with Crippen LogP contribution in [0.4, 0.5) is 0 Å². The predicted octanol–water partition coefficient (Wildman–Crippen LogP) is 3.51. The third-order valence-electron chi connectivity index (χ3n) is 2.60. The van der Waals surface area contributed by atoms with Gasteiger partial charge in [-0.05, 0) is 18.2 Å². The molecule has 2 aromatic carbocycles. The summed E-state index contributed by atoms with van der Waals surface area (Å²) >= 11 is 5.90. The van der Waals surface area contributed by atoms with Gasteiger partial charge in [0.05, 0.1) is 0 Å². The second kappa shape index (κ2) is 4.27. The zero-order valence-electron chi connectivity index (χ0n) is 9.26. The molecule has 0 unspecified atom stereocenters. The molecule has 3 aromatic rings. The summed E-state index contributed by atoms with van der Waals surface area (Å²) in [6.07, 6.45) is 0. The molecular weight excluding hydrogens is 250 g/mol. The monoisotopic (exact) mass is 257 g/mol. The predicted molar refractivity (Wildman–Crippen MR) is 70.7 cm³/mol. The van der Waals surface area contributed by atoms with Gasteiger partial charge in [-0.3, -0.25) is 0 Å². The quantitative estimate of drug-likeness (QED) is 0.670. The van der Waals surface area contributed by atoms with Gasteiger partial charge in [0, 0.05) is 10.6 Å². The summed E-state index contributed by atoms with van der Waals surface area (Å²) in [5.74, 6) is 0. The number of halogens is 1. The zero-order chi connectivity index (χ0) is 12.5. The van der Waals surface area contributed by atoms with Gasteiger partial charge in [-0.1, -0.05) is 41.9 Å². The molecule has 0 aliphatic carbocycles. The third kappa shape index (κ3) is 1.89. The number of nitrogens with zero attached hydrogens (tertiary/aromatic N) is 1. The maximum atomic E-state index is 11.9. The summed E-state index contributed by atoms with van der Waals surface area (Å²) in [6.45, 7) is 0. The Balaban J connectivity index is 2.31. The summed E-state index contributed by atoms with van der Waals surface area (Å²) in [4.78, 5) is 16.2. The van der Waals surface area contributed by atoms with Gasteiger partial charge in [-0.2, -0.15) is 0 Å². The number of fused-ring (bicyclic) bond motifs is 1. The van der Waals surface area contributed by atoms with E-state index in [2.05, 4.69) is 4.98 Å². The molecule has 0 aliphatic heterocycles. The highest BCUT2D eigenvalue weighted by molar-refractivity contribution is 6.31. The molecule has 3 rings (SSSR count). The third-order valence-corrected chi connectivity index (χ3v) is 2.83. The maximum Gasteiger partial charge on any atom is 0.363 e. The van der Waals surface area contributed by atoms with E-state index in [1.54, 1.807) is 18.2 Å². The summed E-state index contributed by atoms with van der Waals surface area (Å²) in [5, 5.41) is 0.558. The number of rotatable bonds is 1. The molecule has 0 saturated carbocycles. The lowest BCUT2D eigenvalue weighted by Gasteiger charge is -2.01. The topological polar surface area (TPSA) is 43.1 Å². The summed E-state index contributed by atoms with van der Waals surface area (Å²) in [7, 11) is 0. The molecule has 0 saturated heterocycles. The fourth-order valence-electron chi connectivity index (χ4n) is 1.76. The second-order valence-electron chi connectivity index (χ2n) is 3.83. The van der Waals surface area contributed by atoms with Crippen molar-refractivity contribution in [2.24, 2.45) is 0 Å². The Morgan fingerprint density at radius 2 is 1.83 bits per heavy atom. The van der Waals surface area contributed by atoms with Gasteiger partial charge >= 0.3 is 5.63 Å². The van der Waals surface area contributed by atoms with E-state index >= 15 is 0 Å². The highest BCUT2D eigenvalue weighted by atomic mass is 35.5. The van der Waals surface area contributed by atoms with Crippen LogP contribution in [0, 0.1) is 0 Å². The first-order valence-corrected chi connectivity index (χ1v) is 5.78. The van der Waals surface area contributed by atoms with Gasteiger partial charge in [0.2, 0.25) is 0 Å². The van der Waals surface area contributed by atoms with Crippen molar-refractivity contribution in [3.8, 4) is 11.3 Å².